The number of hydrogen-bond acceptors (Lipinski definition) is 5. The minimum atomic E-state index is 0.0452. The predicted octanol–water partition coefficient (Wildman–Crippen LogP) is 3.35. The van der Waals surface area contributed by atoms with Crippen LogP contribution in [0.15, 0.2) is 4.79 Å². The van der Waals surface area contributed by atoms with E-state index in [9.17, 15) is 4.79 Å². The quantitative estimate of drug-likeness (QED) is 0.818. The Kier molecular flexibility index (Phi) is 5.30. The Balaban J connectivity index is 1.91. The highest BCUT2D eigenvalue weighted by Gasteiger charge is 2.31. The zero-order valence-corrected chi connectivity index (χ0v) is 16.9. The molecular weight excluding hydrogens is 332 g/mol. The summed E-state index contributed by atoms with van der Waals surface area (Å²) in [6.07, 6.45) is 3.22. The maximum Gasteiger partial charge on any atom is 0.278 e. The molecule has 1 atom stereocenters. The van der Waals surface area contributed by atoms with Crippen molar-refractivity contribution < 1.29 is 0 Å². The lowest BCUT2D eigenvalue weighted by molar-refractivity contribution is 0.218. The van der Waals surface area contributed by atoms with Crippen molar-refractivity contribution in [3.05, 3.63) is 20.8 Å². The van der Waals surface area contributed by atoms with Gasteiger partial charge in [0.1, 0.15) is 0 Å². The van der Waals surface area contributed by atoms with Gasteiger partial charge in [-0.15, -0.1) is 16.4 Å². The van der Waals surface area contributed by atoms with Crippen molar-refractivity contribution >= 4 is 21.6 Å². The van der Waals surface area contributed by atoms with Gasteiger partial charge in [-0.2, -0.15) is 0 Å². The van der Waals surface area contributed by atoms with Gasteiger partial charge >= 0.3 is 0 Å². The summed E-state index contributed by atoms with van der Waals surface area (Å²) >= 11 is 1.68. The van der Waals surface area contributed by atoms with E-state index in [1.54, 1.807) is 16.0 Å². The van der Waals surface area contributed by atoms with Gasteiger partial charge in [0, 0.05) is 11.4 Å². The summed E-state index contributed by atoms with van der Waals surface area (Å²) in [5, 5.41) is 9.41. The smallest absolute Gasteiger partial charge is 0.278 e. The summed E-state index contributed by atoms with van der Waals surface area (Å²) < 4.78 is 1.56. The van der Waals surface area contributed by atoms with Gasteiger partial charge in [0.05, 0.1) is 11.9 Å². The highest BCUT2D eigenvalue weighted by atomic mass is 32.1. The van der Waals surface area contributed by atoms with Crippen LogP contribution in [0.5, 0.6) is 0 Å². The third kappa shape index (κ3) is 3.65. The van der Waals surface area contributed by atoms with Crippen LogP contribution in [0.25, 0.3) is 10.2 Å². The van der Waals surface area contributed by atoms with Crippen LogP contribution in [0.2, 0.25) is 0 Å². The maximum absolute atomic E-state index is 13.0. The van der Waals surface area contributed by atoms with E-state index >= 15 is 0 Å². The van der Waals surface area contributed by atoms with Crippen LogP contribution in [0, 0.1) is 11.3 Å². The molecule has 0 N–H and O–H groups in total. The van der Waals surface area contributed by atoms with Crippen LogP contribution in [-0.4, -0.2) is 39.5 Å². The minimum Gasteiger partial charge on any atom is -0.302 e. The van der Waals surface area contributed by atoms with Crippen molar-refractivity contribution in [1.82, 2.24) is 19.9 Å². The molecule has 0 amide bonds. The molecule has 0 saturated carbocycles. The van der Waals surface area contributed by atoms with Crippen molar-refractivity contribution in [3.8, 4) is 0 Å². The van der Waals surface area contributed by atoms with E-state index in [0.717, 1.165) is 49.1 Å². The van der Waals surface area contributed by atoms with Gasteiger partial charge < -0.3 is 4.90 Å². The Morgan fingerprint density at radius 2 is 2.00 bits per heavy atom. The third-order valence-corrected chi connectivity index (χ3v) is 6.82. The number of hydrogen-bond donors (Lipinski definition) is 0. The van der Waals surface area contributed by atoms with Gasteiger partial charge in [0.25, 0.3) is 5.56 Å². The second kappa shape index (κ2) is 7.16. The van der Waals surface area contributed by atoms with E-state index in [1.165, 1.54) is 10.4 Å². The molecule has 5 nitrogen and oxygen atoms in total. The molecule has 0 spiro atoms. The van der Waals surface area contributed by atoms with Crippen LogP contribution in [-0.2, 0) is 19.4 Å². The number of nitrogens with zero attached hydrogens (tertiary/aromatic N) is 4. The number of rotatable bonds is 5. The van der Waals surface area contributed by atoms with E-state index in [1.807, 2.05) is 0 Å². The Labute approximate surface area is 154 Å². The van der Waals surface area contributed by atoms with Gasteiger partial charge in [-0.1, -0.05) is 39.8 Å². The molecule has 0 radical (unpaired) electrons. The van der Waals surface area contributed by atoms with Crippen molar-refractivity contribution in [1.29, 1.82) is 0 Å². The van der Waals surface area contributed by atoms with Crippen LogP contribution in [0.4, 0.5) is 0 Å². The number of aryl methyl sites for hydroxylation is 1. The van der Waals surface area contributed by atoms with E-state index in [-0.39, 0.29) is 5.56 Å². The van der Waals surface area contributed by atoms with Gasteiger partial charge in [-0.3, -0.25) is 4.79 Å². The Morgan fingerprint density at radius 3 is 2.64 bits per heavy atom. The molecule has 25 heavy (non-hydrogen) atoms. The summed E-state index contributed by atoms with van der Waals surface area (Å²) in [5.41, 5.74) is 1.60. The summed E-state index contributed by atoms with van der Waals surface area (Å²) in [6.45, 7) is 14.7. The van der Waals surface area contributed by atoms with Gasteiger partial charge in [-0.25, -0.2) is 4.68 Å². The lowest BCUT2D eigenvalue weighted by Crippen LogP contribution is -2.33. The standard InChI is InChI=1S/C19H30N4OS/c1-6-22(7-2)10-11-23-18(24)16-14-9-8-13(19(3,4)5)12-15(14)25-17(16)20-21-23/h13H,6-12H2,1-5H3. The van der Waals surface area contributed by atoms with E-state index in [4.69, 9.17) is 0 Å². The first-order valence-electron chi connectivity index (χ1n) is 9.45. The van der Waals surface area contributed by atoms with E-state index < -0.39 is 0 Å². The Morgan fingerprint density at radius 1 is 1.28 bits per heavy atom. The molecule has 2 aromatic heterocycles. The molecule has 3 rings (SSSR count). The van der Waals surface area contributed by atoms with Crippen LogP contribution >= 0.6 is 11.3 Å². The number of thiophene rings is 1. The molecule has 0 saturated heterocycles. The molecule has 0 bridgehead atoms. The van der Waals surface area contributed by atoms with Gasteiger partial charge in [-0.05, 0) is 49.2 Å². The molecular formula is C19H30N4OS. The summed E-state index contributed by atoms with van der Waals surface area (Å²) in [6, 6.07) is 0. The highest BCUT2D eigenvalue weighted by molar-refractivity contribution is 7.18. The second-order valence-electron chi connectivity index (χ2n) is 8.13. The van der Waals surface area contributed by atoms with Crippen LogP contribution < -0.4 is 5.56 Å². The summed E-state index contributed by atoms with van der Waals surface area (Å²) in [5.74, 6) is 0.672. The Hall–Kier alpha value is -1.27. The predicted molar refractivity (Wildman–Crippen MR) is 104 cm³/mol. The zero-order valence-electron chi connectivity index (χ0n) is 16.1. The molecule has 0 fully saturated rings. The maximum atomic E-state index is 13.0. The molecule has 2 heterocycles. The zero-order chi connectivity index (χ0) is 18.2. The second-order valence-corrected chi connectivity index (χ2v) is 9.22. The van der Waals surface area contributed by atoms with Crippen molar-refractivity contribution in [2.75, 3.05) is 19.6 Å². The molecule has 1 aliphatic rings. The number of aromatic nitrogens is 3. The third-order valence-electron chi connectivity index (χ3n) is 5.69. The molecule has 1 aliphatic carbocycles. The molecule has 138 valence electrons. The number of likely N-dealkylation sites (N-methyl/N-ethyl adjacent to an activating group) is 1. The fourth-order valence-corrected chi connectivity index (χ4v) is 5.02. The van der Waals surface area contributed by atoms with E-state index in [2.05, 4.69) is 49.8 Å². The monoisotopic (exact) mass is 362 g/mol. The summed E-state index contributed by atoms with van der Waals surface area (Å²) in [4.78, 5) is 17.5. The van der Waals surface area contributed by atoms with Crippen molar-refractivity contribution in [2.24, 2.45) is 11.3 Å². The average molecular weight is 363 g/mol. The first-order chi connectivity index (χ1) is 11.8. The molecule has 0 aromatic carbocycles. The number of fused-ring (bicyclic) bond motifs is 3. The van der Waals surface area contributed by atoms with Crippen molar-refractivity contribution in [3.63, 3.8) is 0 Å². The van der Waals surface area contributed by atoms with E-state index in [0.29, 0.717) is 17.9 Å². The van der Waals surface area contributed by atoms with Crippen LogP contribution in [0.1, 0.15) is 51.5 Å². The lowest BCUT2D eigenvalue weighted by Gasteiger charge is -2.33. The van der Waals surface area contributed by atoms with Gasteiger partial charge in [0.2, 0.25) is 0 Å². The molecule has 0 aliphatic heterocycles. The van der Waals surface area contributed by atoms with Gasteiger partial charge in [0.15, 0.2) is 4.83 Å². The molecule has 1 unspecified atom stereocenters. The fourth-order valence-electron chi connectivity index (χ4n) is 3.79. The van der Waals surface area contributed by atoms with Crippen LogP contribution in [0.3, 0.4) is 0 Å². The minimum absolute atomic E-state index is 0.0452. The fraction of sp³-hybridized carbons (Fsp3) is 0.737. The molecule has 2 aromatic rings. The topological polar surface area (TPSA) is 51.0 Å². The molecule has 6 heteroatoms. The Bertz CT molecular complexity index is 798. The lowest BCUT2D eigenvalue weighted by atomic mass is 9.72. The first kappa shape index (κ1) is 18.5. The highest BCUT2D eigenvalue weighted by Crippen LogP contribution is 2.41. The summed E-state index contributed by atoms with van der Waals surface area (Å²) in [7, 11) is 0. The average Bonchev–Trinajstić information content (AvgIpc) is 2.95. The van der Waals surface area contributed by atoms with Crippen molar-refractivity contribution in [2.45, 2.75) is 60.4 Å². The SMILES string of the molecule is CCN(CC)CCn1nnc2sc3c(c2c1=O)CCC(C(C)(C)C)C3. The first-order valence-corrected chi connectivity index (χ1v) is 10.3. The largest absolute Gasteiger partial charge is 0.302 e. The normalized spacial score (nSPS) is 18.1.